The van der Waals surface area contributed by atoms with Gasteiger partial charge in [0.25, 0.3) is 5.09 Å². The number of rotatable bonds is 21. The highest BCUT2D eigenvalue weighted by Crippen LogP contribution is 2.17. The minimum absolute atomic E-state index is 0.109. The van der Waals surface area contributed by atoms with Gasteiger partial charge in [-0.15, -0.1) is 10.1 Å². The van der Waals surface area contributed by atoms with Crippen LogP contribution in [0.1, 0.15) is 130 Å². The Labute approximate surface area is 202 Å². The average Bonchev–Trinajstić information content (AvgIpc) is 2.72. The van der Waals surface area contributed by atoms with Crippen molar-refractivity contribution < 1.29 is 20.2 Å². The molecular weight excluding hydrogens is 422 g/mol. The lowest BCUT2D eigenvalue weighted by Gasteiger charge is -2.30. The SMILES string of the molecule is CCCCCCCCCCCCCCCCCC(=O)NCC(CCO)C(C)(C)N.O=[N+]([O-])O. The third kappa shape index (κ3) is 28.6. The standard InChI is InChI=1S/C25H52N2O2.HNO3/c1-4-5-6-7-8-9-10-11-12-13-14-15-16-17-18-19-24(29)27-22-23(20-21-28)25(2,3)26;2-1(3)4/h23,28H,4-22,26H2,1-3H3,(H,27,29);(H,2,3,4). The molecule has 1 amide bonds. The Bertz CT molecular complexity index is 452. The third-order valence-corrected chi connectivity index (χ3v) is 6.08. The molecule has 5 N–H and O–H groups in total. The second-order valence-electron chi connectivity index (χ2n) is 9.77. The average molecular weight is 476 g/mol. The summed E-state index contributed by atoms with van der Waals surface area (Å²) in [7, 11) is 0. The maximum atomic E-state index is 12.0. The Hall–Kier alpha value is -1.41. The van der Waals surface area contributed by atoms with Crippen LogP contribution in [0.25, 0.3) is 0 Å². The zero-order chi connectivity index (χ0) is 25.4. The molecule has 0 aromatic carbocycles. The number of unbranched alkanes of at least 4 members (excludes halogenated alkanes) is 14. The number of amides is 1. The fourth-order valence-electron chi connectivity index (χ4n) is 3.88. The lowest BCUT2D eigenvalue weighted by Crippen LogP contribution is -2.47. The predicted molar refractivity (Wildman–Crippen MR) is 135 cm³/mol. The Balaban J connectivity index is 0. The van der Waals surface area contributed by atoms with E-state index in [-0.39, 0.29) is 24.0 Å². The number of carbonyl (C=O) groups excluding carboxylic acids is 1. The Morgan fingerprint density at radius 2 is 1.27 bits per heavy atom. The Morgan fingerprint density at radius 1 is 0.909 bits per heavy atom. The molecule has 0 aromatic rings. The van der Waals surface area contributed by atoms with Crippen molar-refractivity contribution >= 4 is 5.91 Å². The van der Waals surface area contributed by atoms with E-state index in [4.69, 9.17) is 26.2 Å². The first-order valence-corrected chi connectivity index (χ1v) is 13.1. The molecule has 8 nitrogen and oxygen atoms in total. The lowest BCUT2D eigenvalue weighted by molar-refractivity contribution is -0.742. The summed E-state index contributed by atoms with van der Waals surface area (Å²) in [4.78, 5) is 20.4. The molecular formula is C25H53N3O5. The fraction of sp³-hybridized carbons (Fsp3) is 0.960. The highest BCUT2D eigenvalue weighted by Gasteiger charge is 2.24. The summed E-state index contributed by atoms with van der Waals surface area (Å²) in [5, 5.41) is 25.8. The molecule has 0 fully saturated rings. The van der Waals surface area contributed by atoms with Crippen molar-refractivity contribution in [1.82, 2.24) is 5.32 Å². The summed E-state index contributed by atoms with van der Waals surface area (Å²) >= 11 is 0. The highest BCUT2D eigenvalue weighted by molar-refractivity contribution is 5.75. The van der Waals surface area contributed by atoms with Crippen LogP contribution >= 0.6 is 0 Å². The van der Waals surface area contributed by atoms with Gasteiger partial charge >= 0.3 is 0 Å². The van der Waals surface area contributed by atoms with Gasteiger partial charge in [-0.2, -0.15) is 0 Å². The number of aliphatic hydroxyl groups excluding tert-OH is 1. The van der Waals surface area contributed by atoms with E-state index in [2.05, 4.69) is 12.2 Å². The van der Waals surface area contributed by atoms with E-state index >= 15 is 0 Å². The first-order chi connectivity index (χ1) is 15.6. The molecule has 8 heteroatoms. The molecule has 0 saturated carbocycles. The van der Waals surface area contributed by atoms with E-state index in [1.165, 1.54) is 83.5 Å². The molecule has 1 atom stereocenters. The van der Waals surface area contributed by atoms with E-state index in [0.29, 0.717) is 19.4 Å². The Kier molecular flexibility index (Phi) is 24.3. The van der Waals surface area contributed by atoms with Crippen molar-refractivity contribution in [3.63, 3.8) is 0 Å². The number of hydrogen-bond donors (Lipinski definition) is 4. The third-order valence-electron chi connectivity index (χ3n) is 6.08. The van der Waals surface area contributed by atoms with Crippen molar-refractivity contribution in [2.45, 2.75) is 135 Å². The normalized spacial score (nSPS) is 12.0. The van der Waals surface area contributed by atoms with Crippen LogP contribution in [0.15, 0.2) is 0 Å². The van der Waals surface area contributed by atoms with E-state index in [9.17, 15) is 4.79 Å². The maximum Gasteiger partial charge on any atom is 0.291 e. The molecule has 0 aliphatic heterocycles. The summed E-state index contributed by atoms with van der Waals surface area (Å²) < 4.78 is 0. The van der Waals surface area contributed by atoms with Gasteiger partial charge in [0.15, 0.2) is 0 Å². The second kappa shape index (κ2) is 23.7. The van der Waals surface area contributed by atoms with E-state index in [1.54, 1.807) is 0 Å². The van der Waals surface area contributed by atoms with Gasteiger partial charge in [0.1, 0.15) is 0 Å². The molecule has 0 spiro atoms. The molecule has 0 aromatic heterocycles. The van der Waals surface area contributed by atoms with Crippen molar-refractivity contribution in [3.05, 3.63) is 10.1 Å². The van der Waals surface area contributed by atoms with Crippen LogP contribution in [-0.4, -0.2) is 40.0 Å². The molecule has 0 rings (SSSR count). The largest absolute Gasteiger partial charge is 0.396 e. The molecule has 0 saturated heterocycles. The van der Waals surface area contributed by atoms with Gasteiger partial charge in [0, 0.05) is 25.1 Å². The van der Waals surface area contributed by atoms with Crippen LogP contribution < -0.4 is 11.1 Å². The maximum absolute atomic E-state index is 12.0. The van der Waals surface area contributed by atoms with E-state index in [1.807, 2.05) is 13.8 Å². The summed E-state index contributed by atoms with van der Waals surface area (Å²) in [6, 6.07) is 0. The predicted octanol–water partition coefficient (Wildman–Crippen LogP) is 5.75. The number of nitrogens with two attached hydrogens (primary N) is 1. The second-order valence-corrected chi connectivity index (χ2v) is 9.77. The number of nitrogens with one attached hydrogen (secondary N) is 1. The van der Waals surface area contributed by atoms with Crippen molar-refractivity contribution in [1.29, 1.82) is 0 Å². The quantitative estimate of drug-likeness (QED) is 0.0946. The van der Waals surface area contributed by atoms with Crippen LogP contribution in [0, 0.1) is 16.0 Å². The van der Waals surface area contributed by atoms with E-state index < -0.39 is 5.09 Å². The number of nitrogens with zero attached hydrogens (tertiary/aromatic N) is 1. The molecule has 33 heavy (non-hydrogen) atoms. The molecule has 198 valence electrons. The minimum atomic E-state index is -1.50. The zero-order valence-corrected chi connectivity index (χ0v) is 21.7. The van der Waals surface area contributed by atoms with Crippen molar-refractivity contribution in [3.8, 4) is 0 Å². The number of carbonyl (C=O) groups is 1. The Morgan fingerprint density at radius 3 is 1.61 bits per heavy atom. The van der Waals surface area contributed by atoms with Crippen LogP contribution in [0.3, 0.4) is 0 Å². The molecule has 0 heterocycles. The first kappa shape index (κ1) is 33.8. The van der Waals surface area contributed by atoms with Crippen LogP contribution in [0.4, 0.5) is 0 Å². The first-order valence-electron chi connectivity index (χ1n) is 13.1. The van der Waals surface area contributed by atoms with Crippen LogP contribution in [0.5, 0.6) is 0 Å². The molecule has 0 aliphatic carbocycles. The number of hydrogen-bond acceptors (Lipinski definition) is 5. The minimum Gasteiger partial charge on any atom is -0.396 e. The van der Waals surface area contributed by atoms with E-state index in [0.717, 1.165) is 12.8 Å². The van der Waals surface area contributed by atoms with Crippen LogP contribution in [0.2, 0.25) is 0 Å². The molecule has 1 unspecified atom stereocenters. The van der Waals surface area contributed by atoms with Gasteiger partial charge in [-0.05, 0) is 32.6 Å². The summed E-state index contributed by atoms with van der Waals surface area (Å²) in [5.41, 5.74) is 5.74. The van der Waals surface area contributed by atoms with Gasteiger partial charge in [-0.25, -0.2) is 0 Å². The fourth-order valence-corrected chi connectivity index (χ4v) is 3.88. The monoisotopic (exact) mass is 475 g/mol. The van der Waals surface area contributed by atoms with Gasteiger partial charge in [-0.3, -0.25) is 4.79 Å². The van der Waals surface area contributed by atoms with Crippen LogP contribution in [-0.2, 0) is 4.79 Å². The van der Waals surface area contributed by atoms with Gasteiger partial charge in [-0.1, -0.05) is 96.8 Å². The lowest BCUT2D eigenvalue weighted by atomic mass is 9.86. The molecule has 0 aliphatic rings. The molecule has 0 radical (unpaired) electrons. The summed E-state index contributed by atoms with van der Waals surface area (Å²) in [5.74, 6) is 0.226. The van der Waals surface area contributed by atoms with Crippen molar-refractivity contribution in [2.24, 2.45) is 11.7 Å². The summed E-state index contributed by atoms with van der Waals surface area (Å²) in [6.07, 6.45) is 21.3. The summed E-state index contributed by atoms with van der Waals surface area (Å²) in [6.45, 7) is 6.85. The van der Waals surface area contributed by atoms with Crippen molar-refractivity contribution in [2.75, 3.05) is 13.2 Å². The zero-order valence-electron chi connectivity index (χ0n) is 21.7. The van der Waals surface area contributed by atoms with Gasteiger partial charge in [0.05, 0.1) is 0 Å². The van der Waals surface area contributed by atoms with Gasteiger partial charge < -0.3 is 21.4 Å². The topological polar surface area (TPSA) is 139 Å². The molecule has 0 bridgehead atoms. The highest BCUT2D eigenvalue weighted by atomic mass is 16.9. The van der Waals surface area contributed by atoms with Gasteiger partial charge in [0.2, 0.25) is 5.91 Å². The number of aliphatic hydroxyl groups is 1. The smallest absolute Gasteiger partial charge is 0.291 e.